The third-order valence-corrected chi connectivity index (χ3v) is 3.26. The summed E-state index contributed by atoms with van der Waals surface area (Å²) in [5, 5.41) is 3.27. The summed E-state index contributed by atoms with van der Waals surface area (Å²) in [6, 6.07) is 3.79. The quantitative estimate of drug-likeness (QED) is 0.801. The van der Waals surface area contributed by atoms with E-state index in [2.05, 4.69) is 19.2 Å². The van der Waals surface area contributed by atoms with Crippen LogP contribution in [0.4, 0.5) is 0 Å². The number of hydrogen-bond donors (Lipinski definition) is 1. The van der Waals surface area contributed by atoms with Crippen LogP contribution < -0.4 is 10.1 Å². The Morgan fingerprint density at radius 2 is 1.95 bits per heavy atom. The summed E-state index contributed by atoms with van der Waals surface area (Å²) in [6.45, 7) is 10.9. The van der Waals surface area contributed by atoms with Crippen molar-refractivity contribution in [3.63, 3.8) is 0 Å². The van der Waals surface area contributed by atoms with Gasteiger partial charge in [0.25, 0.3) is 0 Å². The Hall–Kier alpha value is -1.35. The van der Waals surface area contributed by atoms with Gasteiger partial charge in [-0.05, 0) is 43.5 Å². The fraction of sp³-hybridized carbons (Fsp3) is 0.562. The molecule has 0 fully saturated rings. The monoisotopic (exact) mass is 263 g/mol. The molecule has 0 saturated heterocycles. The Morgan fingerprint density at radius 3 is 2.42 bits per heavy atom. The first-order chi connectivity index (χ1) is 8.92. The van der Waals surface area contributed by atoms with Gasteiger partial charge in [-0.25, -0.2) is 0 Å². The smallest absolute Gasteiger partial charge is 0.183 e. The predicted octanol–water partition coefficient (Wildman–Crippen LogP) is 3.13. The molecule has 0 bridgehead atoms. The van der Waals surface area contributed by atoms with Gasteiger partial charge in [-0.2, -0.15) is 0 Å². The molecule has 0 aromatic heterocycles. The minimum absolute atomic E-state index is 0.112. The molecule has 1 N–H and O–H groups in total. The lowest BCUT2D eigenvalue weighted by atomic mass is 9.92. The van der Waals surface area contributed by atoms with Crippen LogP contribution in [0.5, 0.6) is 5.75 Å². The topological polar surface area (TPSA) is 38.3 Å². The molecular formula is C16H25NO2. The fourth-order valence-electron chi connectivity index (χ4n) is 2.43. The molecule has 0 aliphatic rings. The molecule has 1 rings (SSSR count). The third kappa shape index (κ3) is 3.57. The number of rotatable bonds is 6. The van der Waals surface area contributed by atoms with Crippen LogP contribution in [0.15, 0.2) is 12.1 Å². The highest BCUT2D eigenvalue weighted by atomic mass is 16.5. The van der Waals surface area contributed by atoms with E-state index in [9.17, 15) is 4.79 Å². The van der Waals surface area contributed by atoms with Crippen LogP contribution in [0.2, 0.25) is 0 Å². The van der Waals surface area contributed by atoms with Crippen molar-refractivity contribution in [3.05, 3.63) is 28.8 Å². The minimum Gasteiger partial charge on any atom is -0.496 e. The minimum atomic E-state index is -0.167. The van der Waals surface area contributed by atoms with Gasteiger partial charge in [0, 0.05) is 0 Å². The maximum Gasteiger partial charge on any atom is 0.183 e. The van der Waals surface area contributed by atoms with Gasteiger partial charge in [0.05, 0.1) is 18.7 Å². The molecule has 0 aliphatic carbocycles. The molecule has 0 saturated carbocycles. The molecule has 0 amide bonds. The van der Waals surface area contributed by atoms with E-state index in [1.165, 1.54) is 0 Å². The molecule has 0 heterocycles. The van der Waals surface area contributed by atoms with Gasteiger partial charge in [-0.3, -0.25) is 4.79 Å². The van der Waals surface area contributed by atoms with E-state index in [0.29, 0.717) is 11.3 Å². The van der Waals surface area contributed by atoms with Gasteiger partial charge < -0.3 is 10.1 Å². The zero-order valence-corrected chi connectivity index (χ0v) is 12.8. The number of aryl methyl sites for hydroxylation is 2. The molecule has 19 heavy (non-hydrogen) atoms. The average Bonchev–Trinajstić information content (AvgIpc) is 2.33. The van der Waals surface area contributed by atoms with Gasteiger partial charge in [-0.15, -0.1) is 0 Å². The summed E-state index contributed by atoms with van der Waals surface area (Å²) in [4.78, 5) is 12.7. The summed E-state index contributed by atoms with van der Waals surface area (Å²) in [6.07, 6.45) is 0. The first kappa shape index (κ1) is 15.7. The molecule has 3 heteroatoms. The Morgan fingerprint density at radius 1 is 1.32 bits per heavy atom. The Balaban J connectivity index is 3.23. The molecule has 1 aromatic carbocycles. The van der Waals surface area contributed by atoms with Gasteiger partial charge >= 0.3 is 0 Å². The lowest BCUT2D eigenvalue weighted by Gasteiger charge is -2.22. The Kier molecular flexibility index (Phi) is 5.55. The number of carbonyl (C=O) groups excluding carboxylic acids is 1. The van der Waals surface area contributed by atoms with Crippen LogP contribution in [0, 0.1) is 19.8 Å². The lowest BCUT2D eigenvalue weighted by molar-refractivity contribution is 0.0915. The van der Waals surface area contributed by atoms with Crippen molar-refractivity contribution in [1.82, 2.24) is 5.32 Å². The summed E-state index contributed by atoms with van der Waals surface area (Å²) in [5.41, 5.74) is 2.77. The van der Waals surface area contributed by atoms with Crippen LogP contribution in [0.3, 0.4) is 0 Å². The summed E-state index contributed by atoms with van der Waals surface area (Å²) in [5.74, 6) is 1.05. The zero-order chi connectivity index (χ0) is 14.6. The van der Waals surface area contributed by atoms with Crippen molar-refractivity contribution in [1.29, 1.82) is 0 Å². The number of carbonyl (C=O) groups is 1. The van der Waals surface area contributed by atoms with Crippen molar-refractivity contribution < 1.29 is 9.53 Å². The number of ether oxygens (including phenoxy) is 1. The van der Waals surface area contributed by atoms with Crippen LogP contribution in [0.1, 0.15) is 42.3 Å². The van der Waals surface area contributed by atoms with E-state index < -0.39 is 0 Å². The van der Waals surface area contributed by atoms with E-state index in [-0.39, 0.29) is 17.7 Å². The summed E-state index contributed by atoms with van der Waals surface area (Å²) >= 11 is 0. The van der Waals surface area contributed by atoms with Crippen molar-refractivity contribution in [2.24, 2.45) is 5.92 Å². The number of benzene rings is 1. The molecule has 0 spiro atoms. The third-order valence-electron chi connectivity index (χ3n) is 3.26. The Labute approximate surface area is 116 Å². The highest BCUT2D eigenvalue weighted by Crippen LogP contribution is 2.27. The normalized spacial score (nSPS) is 12.6. The van der Waals surface area contributed by atoms with Gasteiger partial charge in [0.1, 0.15) is 5.75 Å². The molecular weight excluding hydrogens is 238 g/mol. The predicted molar refractivity (Wildman–Crippen MR) is 79.1 cm³/mol. The van der Waals surface area contributed by atoms with Crippen molar-refractivity contribution in [2.75, 3.05) is 13.7 Å². The first-order valence-electron chi connectivity index (χ1n) is 6.85. The van der Waals surface area contributed by atoms with E-state index in [1.54, 1.807) is 7.11 Å². The maximum absolute atomic E-state index is 12.7. The molecule has 1 aromatic rings. The molecule has 1 atom stereocenters. The van der Waals surface area contributed by atoms with Crippen LogP contribution >= 0.6 is 0 Å². The second-order valence-corrected chi connectivity index (χ2v) is 5.31. The number of Topliss-reactive ketones (excluding diaryl/α,β-unsaturated/α-hetero) is 1. The van der Waals surface area contributed by atoms with Crippen LogP contribution in [0.25, 0.3) is 0 Å². The highest BCUT2D eigenvalue weighted by molar-refractivity contribution is 6.03. The van der Waals surface area contributed by atoms with Crippen LogP contribution in [-0.4, -0.2) is 25.5 Å². The number of likely N-dealkylation sites (N-methyl/N-ethyl adjacent to an activating group) is 1. The maximum atomic E-state index is 12.7. The number of ketones is 1. The summed E-state index contributed by atoms with van der Waals surface area (Å²) in [7, 11) is 1.62. The van der Waals surface area contributed by atoms with E-state index in [4.69, 9.17) is 4.74 Å². The second-order valence-electron chi connectivity index (χ2n) is 5.31. The number of hydrogen-bond acceptors (Lipinski definition) is 3. The Bertz CT molecular complexity index is 452. The zero-order valence-electron chi connectivity index (χ0n) is 12.8. The summed E-state index contributed by atoms with van der Waals surface area (Å²) < 4.78 is 5.41. The standard InChI is InChI=1S/C16H25NO2/c1-7-17-14(10(2)3)15(18)13-9-11(4)8-12(5)16(13)19-6/h8-10,14,17H,7H2,1-6H3. The SMILES string of the molecule is CCNC(C(=O)c1cc(C)cc(C)c1OC)C(C)C. The first-order valence-corrected chi connectivity index (χ1v) is 6.85. The molecule has 0 radical (unpaired) electrons. The van der Waals surface area contributed by atoms with Crippen LogP contribution in [-0.2, 0) is 0 Å². The van der Waals surface area contributed by atoms with Gasteiger partial charge in [0.15, 0.2) is 5.78 Å². The fourth-order valence-corrected chi connectivity index (χ4v) is 2.43. The molecule has 0 aliphatic heterocycles. The lowest BCUT2D eigenvalue weighted by Crippen LogP contribution is -2.41. The molecule has 3 nitrogen and oxygen atoms in total. The molecule has 1 unspecified atom stereocenters. The highest BCUT2D eigenvalue weighted by Gasteiger charge is 2.25. The van der Waals surface area contributed by atoms with E-state index in [0.717, 1.165) is 17.7 Å². The second kappa shape index (κ2) is 6.71. The number of nitrogens with one attached hydrogen (secondary N) is 1. The average molecular weight is 263 g/mol. The number of methoxy groups -OCH3 is 1. The van der Waals surface area contributed by atoms with Crippen molar-refractivity contribution in [2.45, 2.75) is 40.7 Å². The van der Waals surface area contributed by atoms with Crippen molar-refractivity contribution in [3.8, 4) is 5.75 Å². The largest absolute Gasteiger partial charge is 0.496 e. The molecule has 106 valence electrons. The van der Waals surface area contributed by atoms with Crippen molar-refractivity contribution >= 4 is 5.78 Å². The van der Waals surface area contributed by atoms with E-state index in [1.807, 2.05) is 32.9 Å². The van der Waals surface area contributed by atoms with Gasteiger partial charge in [0.2, 0.25) is 0 Å². The van der Waals surface area contributed by atoms with Gasteiger partial charge in [-0.1, -0.05) is 26.8 Å². The van der Waals surface area contributed by atoms with E-state index >= 15 is 0 Å².